The van der Waals surface area contributed by atoms with E-state index in [1.807, 2.05) is 0 Å². The summed E-state index contributed by atoms with van der Waals surface area (Å²) in [7, 11) is 2.66. The van der Waals surface area contributed by atoms with Crippen LogP contribution in [-0.2, 0) is 19.3 Å². The highest BCUT2D eigenvalue weighted by atomic mass is 16.7. The summed E-state index contributed by atoms with van der Waals surface area (Å²) in [5, 5.41) is 29.9. The molecule has 0 aromatic carbocycles. The zero-order chi connectivity index (χ0) is 10.7. The number of aliphatic hydroxyl groups is 2. The number of ether oxygens (including phenoxy) is 3. The Morgan fingerprint density at radius 3 is 2.43 bits per heavy atom. The monoisotopic (exact) mass is 207 g/mol. The topological polar surface area (TPSA) is 88.1 Å². The Bertz CT molecular complexity index is 173. The van der Waals surface area contributed by atoms with Crippen LogP contribution in [0.3, 0.4) is 0 Å². The van der Waals surface area contributed by atoms with Gasteiger partial charge in [0.15, 0.2) is 12.4 Å². The molecule has 0 aliphatic carbocycles. The highest BCUT2D eigenvalue weighted by Gasteiger charge is 2.45. The molecule has 83 valence electrons. The van der Waals surface area contributed by atoms with Crippen LogP contribution in [0.25, 0.3) is 0 Å². The molecule has 6 heteroatoms. The molecule has 6 nitrogen and oxygen atoms in total. The maximum absolute atomic E-state index is 11.4. The van der Waals surface area contributed by atoms with E-state index in [2.05, 4.69) is 0 Å². The van der Waals surface area contributed by atoms with Crippen LogP contribution in [0.4, 0.5) is 0 Å². The van der Waals surface area contributed by atoms with Crippen LogP contribution in [-0.4, -0.2) is 61.7 Å². The Balaban J connectivity index is 2.71. The van der Waals surface area contributed by atoms with E-state index in [-0.39, 0.29) is 6.61 Å². The van der Waals surface area contributed by atoms with Gasteiger partial charge in [-0.1, -0.05) is 0 Å². The molecule has 14 heavy (non-hydrogen) atoms. The summed E-state index contributed by atoms with van der Waals surface area (Å²) in [5.41, 5.74) is 0. The lowest BCUT2D eigenvalue weighted by atomic mass is 9.99. The van der Waals surface area contributed by atoms with Crippen molar-refractivity contribution in [2.45, 2.75) is 30.7 Å². The maximum Gasteiger partial charge on any atom is 0.189 e. The number of hydrogen-bond donors (Lipinski definition) is 2. The molecule has 1 aliphatic rings. The summed E-state index contributed by atoms with van der Waals surface area (Å²) in [5.74, 6) is 0. The van der Waals surface area contributed by atoms with E-state index in [1.165, 1.54) is 14.2 Å². The average Bonchev–Trinajstić information content (AvgIpc) is 2.21. The molecule has 2 unspecified atom stereocenters. The van der Waals surface area contributed by atoms with Crippen LogP contribution in [0.15, 0.2) is 0 Å². The standard InChI is InChI=1S/C8H15O6/c1-12-7-4(3-9)14-8(13-2)6(11)5(7)10/h4-10H,3H2,1-2H3/t4?,5-,6?,7+,8-/m1/s1. The van der Waals surface area contributed by atoms with Gasteiger partial charge in [-0.25, -0.2) is 5.11 Å². The zero-order valence-corrected chi connectivity index (χ0v) is 8.12. The zero-order valence-electron chi connectivity index (χ0n) is 8.12. The first-order chi connectivity index (χ1) is 6.65. The van der Waals surface area contributed by atoms with E-state index in [0.29, 0.717) is 0 Å². The first-order valence-electron chi connectivity index (χ1n) is 4.31. The smallest absolute Gasteiger partial charge is 0.189 e. The fourth-order valence-electron chi connectivity index (χ4n) is 1.52. The molecule has 1 fully saturated rings. The molecule has 0 spiro atoms. The number of hydrogen-bond acceptors (Lipinski definition) is 5. The summed E-state index contributed by atoms with van der Waals surface area (Å²) in [6, 6.07) is 0. The van der Waals surface area contributed by atoms with E-state index in [0.717, 1.165) is 0 Å². The van der Waals surface area contributed by atoms with Crippen molar-refractivity contribution in [1.29, 1.82) is 0 Å². The van der Waals surface area contributed by atoms with E-state index in [4.69, 9.17) is 19.3 Å². The first kappa shape index (κ1) is 11.8. The summed E-state index contributed by atoms with van der Waals surface area (Å²) in [4.78, 5) is 0. The molecule has 1 aliphatic heterocycles. The summed E-state index contributed by atoms with van der Waals surface area (Å²) < 4.78 is 14.7. The van der Waals surface area contributed by atoms with Gasteiger partial charge in [-0.05, 0) is 0 Å². The fraction of sp³-hybridized carbons (Fsp3) is 1.00. The highest BCUT2D eigenvalue weighted by molar-refractivity contribution is 4.89. The lowest BCUT2D eigenvalue weighted by Crippen LogP contribution is -2.59. The minimum absolute atomic E-state index is 0.331. The molecule has 0 aromatic rings. The molecular formula is C8H15O6. The van der Waals surface area contributed by atoms with Crippen LogP contribution in [0.2, 0.25) is 0 Å². The van der Waals surface area contributed by atoms with Gasteiger partial charge >= 0.3 is 0 Å². The minimum Gasteiger partial charge on any atom is -0.394 e. The van der Waals surface area contributed by atoms with Crippen molar-refractivity contribution >= 4 is 0 Å². The molecule has 1 radical (unpaired) electrons. The van der Waals surface area contributed by atoms with Crippen molar-refractivity contribution in [3.05, 3.63) is 0 Å². The van der Waals surface area contributed by atoms with Crippen LogP contribution in [0, 0.1) is 0 Å². The van der Waals surface area contributed by atoms with Gasteiger partial charge in [0, 0.05) is 14.2 Å². The predicted molar refractivity (Wildman–Crippen MR) is 44.0 cm³/mol. The molecule has 2 N–H and O–H groups in total. The third-order valence-corrected chi connectivity index (χ3v) is 2.30. The second kappa shape index (κ2) is 5.01. The predicted octanol–water partition coefficient (Wildman–Crippen LogP) is -1.47. The average molecular weight is 207 g/mol. The Hall–Kier alpha value is -0.240. The molecule has 0 bridgehead atoms. The summed E-state index contributed by atoms with van der Waals surface area (Å²) in [6.07, 6.45) is -5.25. The van der Waals surface area contributed by atoms with Crippen LogP contribution in [0.1, 0.15) is 0 Å². The van der Waals surface area contributed by atoms with Gasteiger partial charge in [-0.2, -0.15) is 0 Å². The van der Waals surface area contributed by atoms with Crippen LogP contribution < -0.4 is 0 Å². The normalized spacial score (nSPS) is 43.9. The third-order valence-electron chi connectivity index (χ3n) is 2.30. The Morgan fingerprint density at radius 2 is 2.00 bits per heavy atom. The number of aliphatic hydroxyl groups excluding tert-OH is 2. The largest absolute Gasteiger partial charge is 0.394 e. The molecule has 0 aromatic heterocycles. The molecule has 5 atom stereocenters. The lowest BCUT2D eigenvalue weighted by molar-refractivity contribution is -0.308. The van der Waals surface area contributed by atoms with Crippen LogP contribution >= 0.6 is 0 Å². The Kier molecular flexibility index (Phi) is 4.24. The maximum atomic E-state index is 11.4. The van der Waals surface area contributed by atoms with Gasteiger partial charge in [-0.3, -0.25) is 0 Å². The SMILES string of the molecule is CO[C@@H]1OC(CO)[C@H](OC)[C@H](O)C1[O]. The Labute approximate surface area is 82.0 Å². The minimum atomic E-state index is -1.42. The van der Waals surface area contributed by atoms with Gasteiger partial charge in [0.25, 0.3) is 0 Å². The second-order valence-corrected chi connectivity index (χ2v) is 3.12. The number of rotatable bonds is 3. The first-order valence-corrected chi connectivity index (χ1v) is 4.31. The quantitative estimate of drug-likeness (QED) is 0.589. The van der Waals surface area contributed by atoms with Crippen molar-refractivity contribution in [2.75, 3.05) is 20.8 Å². The van der Waals surface area contributed by atoms with Gasteiger partial charge in [0.2, 0.25) is 0 Å². The van der Waals surface area contributed by atoms with Crippen molar-refractivity contribution in [1.82, 2.24) is 0 Å². The molecule has 0 amide bonds. The van der Waals surface area contributed by atoms with Crippen molar-refractivity contribution < 1.29 is 29.5 Å². The van der Waals surface area contributed by atoms with Gasteiger partial charge in [-0.15, -0.1) is 0 Å². The fourth-order valence-corrected chi connectivity index (χ4v) is 1.52. The van der Waals surface area contributed by atoms with Crippen molar-refractivity contribution in [3.63, 3.8) is 0 Å². The molecular weight excluding hydrogens is 192 g/mol. The van der Waals surface area contributed by atoms with Crippen molar-refractivity contribution in [2.24, 2.45) is 0 Å². The molecule has 1 rings (SSSR count). The summed E-state index contributed by atoms with van der Waals surface area (Å²) in [6.45, 7) is -0.331. The van der Waals surface area contributed by atoms with Gasteiger partial charge in [0.05, 0.1) is 6.61 Å². The van der Waals surface area contributed by atoms with Crippen LogP contribution in [0.5, 0.6) is 0 Å². The van der Waals surface area contributed by atoms with Gasteiger partial charge in [0.1, 0.15) is 18.3 Å². The third kappa shape index (κ3) is 2.05. The lowest BCUT2D eigenvalue weighted by Gasteiger charge is -2.39. The van der Waals surface area contributed by atoms with E-state index in [1.54, 1.807) is 0 Å². The van der Waals surface area contributed by atoms with Gasteiger partial charge < -0.3 is 24.4 Å². The Morgan fingerprint density at radius 1 is 1.36 bits per heavy atom. The highest BCUT2D eigenvalue weighted by Crippen LogP contribution is 2.23. The molecule has 1 saturated heterocycles. The molecule has 0 saturated carbocycles. The number of methoxy groups -OCH3 is 2. The molecule has 1 heterocycles. The van der Waals surface area contributed by atoms with E-state index < -0.39 is 30.7 Å². The van der Waals surface area contributed by atoms with Crippen molar-refractivity contribution in [3.8, 4) is 0 Å². The second-order valence-electron chi connectivity index (χ2n) is 3.12. The van der Waals surface area contributed by atoms with E-state index in [9.17, 15) is 10.2 Å². The summed E-state index contributed by atoms with van der Waals surface area (Å²) >= 11 is 0. The van der Waals surface area contributed by atoms with E-state index >= 15 is 0 Å².